The molecule has 0 atom stereocenters. The van der Waals surface area contributed by atoms with Crippen LogP contribution in [0.1, 0.15) is 19.2 Å². The standard InChI is InChI=1S/C16H23N5O/c1-2-22-10-6-9-18-16(17)20-12-15-19-11-14(21-15)13-7-4-3-5-8-13/h3-5,7-8,11H,2,6,9-10,12H2,1H3,(H,19,21)(H3,17,18,20). The monoisotopic (exact) mass is 301 g/mol. The maximum absolute atomic E-state index is 5.81. The molecule has 0 saturated heterocycles. The number of hydrogen-bond acceptors (Lipinski definition) is 3. The van der Waals surface area contributed by atoms with E-state index in [1.54, 1.807) is 0 Å². The molecule has 0 aliphatic carbocycles. The van der Waals surface area contributed by atoms with Gasteiger partial charge in [0, 0.05) is 19.8 Å². The molecule has 6 nitrogen and oxygen atoms in total. The summed E-state index contributed by atoms with van der Waals surface area (Å²) in [5.41, 5.74) is 7.90. The molecule has 1 aromatic heterocycles. The maximum atomic E-state index is 5.81. The fraction of sp³-hybridized carbons (Fsp3) is 0.375. The second-order valence-electron chi connectivity index (χ2n) is 4.79. The highest BCUT2D eigenvalue weighted by Crippen LogP contribution is 2.16. The number of guanidine groups is 1. The van der Waals surface area contributed by atoms with E-state index in [4.69, 9.17) is 10.5 Å². The molecule has 1 aromatic carbocycles. The fourth-order valence-corrected chi connectivity index (χ4v) is 1.96. The number of benzene rings is 1. The Kier molecular flexibility index (Phi) is 6.44. The van der Waals surface area contributed by atoms with E-state index in [9.17, 15) is 0 Å². The van der Waals surface area contributed by atoms with E-state index in [0.717, 1.165) is 43.3 Å². The highest BCUT2D eigenvalue weighted by Gasteiger charge is 2.02. The topological polar surface area (TPSA) is 88.3 Å². The minimum absolute atomic E-state index is 0.425. The van der Waals surface area contributed by atoms with Crippen molar-refractivity contribution in [1.29, 1.82) is 0 Å². The molecule has 2 aromatic rings. The van der Waals surface area contributed by atoms with Gasteiger partial charge in [0.05, 0.1) is 11.9 Å². The van der Waals surface area contributed by atoms with Crippen LogP contribution in [0.15, 0.2) is 41.5 Å². The molecule has 0 aliphatic heterocycles. The number of imidazole rings is 1. The Bertz CT molecular complexity index is 579. The number of hydrogen-bond donors (Lipinski definition) is 3. The summed E-state index contributed by atoms with van der Waals surface area (Å²) in [7, 11) is 0. The van der Waals surface area contributed by atoms with Gasteiger partial charge in [-0.25, -0.2) is 9.98 Å². The first kappa shape index (κ1) is 16.0. The fourth-order valence-electron chi connectivity index (χ4n) is 1.96. The normalized spacial score (nSPS) is 11.6. The molecule has 0 unspecified atom stereocenters. The number of aliphatic imine (C=N–C) groups is 1. The lowest BCUT2D eigenvalue weighted by Crippen LogP contribution is -2.32. The zero-order chi connectivity index (χ0) is 15.6. The van der Waals surface area contributed by atoms with Gasteiger partial charge in [-0.15, -0.1) is 0 Å². The summed E-state index contributed by atoms with van der Waals surface area (Å²) in [5.74, 6) is 1.21. The SMILES string of the molecule is CCOCCCNC(N)=NCc1ncc(-c2ccccc2)[nH]1. The number of aromatic amines is 1. The van der Waals surface area contributed by atoms with E-state index in [0.29, 0.717) is 12.5 Å². The molecule has 0 fully saturated rings. The summed E-state index contributed by atoms with van der Waals surface area (Å²) in [6, 6.07) is 10.1. The number of H-pyrrole nitrogens is 1. The van der Waals surface area contributed by atoms with Crippen LogP contribution in [0.5, 0.6) is 0 Å². The summed E-state index contributed by atoms with van der Waals surface area (Å²) in [4.78, 5) is 11.8. The van der Waals surface area contributed by atoms with Gasteiger partial charge in [-0.05, 0) is 18.9 Å². The van der Waals surface area contributed by atoms with Gasteiger partial charge in [-0.3, -0.25) is 0 Å². The van der Waals surface area contributed by atoms with Crippen molar-refractivity contribution in [2.75, 3.05) is 19.8 Å². The van der Waals surface area contributed by atoms with Gasteiger partial charge in [-0.1, -0.05) is 30.3 Å². The predicted molar refractivity (Wildman–Crippen MR) is 88.5 cm³/mol. The molecule has 0 spiro atoms. The zero-order valence-corrected chi connectivity index (χ0v) is 12.9. The smallest absolute Gasteiger partial charge is 0.189 e. The van der Waals surface area contributed by atoms with Crippen LogP contribution in [-0.4, -0.2) is 35.7 Å². The number of rotatable bonds is 8. The van der Waals surface area contributed by atoms with Gasteiger partial charge in [0.15, 0.2) is 5.96 Å². The zero-order valence-electron chi connectivity index (χ0n) is 12.9. The number of nitrogens with zero attached hydrogens (tertiary/aromatic N) is 2. The largest absolute Gasteiger partial charge is 0.382 e. The van der Waals surface area contributed by atoms with E-state index in [-0.39, 0.29) is 0 Å². The van der Waals surface area contributed by atoms with Crippen LogP contribution in [0.25, 0.3) is 11.3 Å². The first-order chi connectivity index (χ1) is 10.8. The van der Waals surface area contributed by atoms with Crippen molar-refractivity contribution in [3.63, 3.8) is 0 Å². The van der Waals surface area contributed by atoms with Crippen LogP contribution in [0, 0.1) is 0 Å². The third-order valence-corrected chi connectivity index (χ3v) is 3.09. The van der Waals surface area contributed by atoms with Gasteiger partial charge in [0.25, 0.3) is 0 Å². The molecule has 0 aliphatic rings. The van der Waals surface area contributed by atoms with Crippen LogP contribution in [-0.2, 0) is 11.3 Å². The molecule has 0 radical (unpaired) electrons. The van der Waals surface area contributed by atoms with Crippen LogP contribution in [0.4, 0.5) is 0 Å². The molecule has 118 valence electrons. The first-order valence-corrected chi connectivity index (χ1v) is 7.50. The van der Waals surface area contributed by atoms with Crippen molar-refractivity contribution >= 4 is 5.96 Å². The molecule has 2 rings (SSSR count). The Morgan fingerprint density at radius 3 is 2.95 bits per heavy atom. The van der Waals surface area contributed by atoms with Crippen LogP contribution in [0.3, 0.4) is 0 Å². The number of aromatic nitrogens is 2. The molecule has 0 bridgehead atoms. The van der Waals surface area contributed by atoms with Gasteiger partial charge < -0.3 is 20.8 Å². The van der Waals surface area contributed by atoms with Crippen LogP contribution in [0.2, 0.25) is 0 Å². The van der Waals surface area contributed by atoms with Crippen molar-refractivity contribution in [3.05, 3.63) is 42.4 Å². The van der Waals surface area contributed by atoms with E-state index in [2.05, 4.69) is 20.3 Å². The van der Waals surface area contributed by atoms with Crippen molar-refractivity contribution in [2.45, 2.75) is 19.9 Å². The minimum Gasteiger partial charge on any atom is -0.382 e. The van der Waals surface area contributed by atoms with Crippen molar-refractivity contribution in [1.82, 2.24) is 15.3 Å². The minimum atomic E-state index is 0.425. The maximum Gasteiger partial charge on any atom is 0.189 e. The molecule has 6 heteroatoms. The van der Waals surface area contributed by atoms with E-state index >= 15 is 0 Å². The molecular formula is C16H23N5O. The lowest BCUT2D eigenvalue weighted by atomic mass is 10.2. The molecule has 22 heavy (non-hydrogen) atoms. The van der Waals surface area contributed by atoms with E-state index in [1.165, 1.54) is 0 Å². The Morgan fingerprint density at radius 1 is 1.36 bits per heavy atom. The lowest BCUT2D eigenvalue weighted by molar-refractivity contribution is 0.145. The Morgan fingerprint density at radius 2 is 2.18 bits per heavy atom. The second-order valence-corrected chi connectivity index (χ2v) is 4.79. The molecule has 0 amide bonds. The molecule has 0 saturated carbocycles. The summed E-state index contributed by atoms with van der Waals surface area (Å²) in [6.45, 7) is 4.64. The Hall–Kier alpha value is -2.34. The average molecular weight is 301 g/mol. The lowest BCUT2D eigenvalue weighted by Gasteiger charge is -2.05. The third kappa shape index (κ3) is 5.21. The van der Waals surface area contributed by atoms with Gasteiger partial charge in [0.1, 0.15) is 12.4 Å². The van der Waals surface area contributed by atoms with Gasteiger partial charge in [-0.2, -0.15) is 0 Å². The second kappa shape index (κ2) is 8.84. The summed E-state index contributed by atoms with van der Waals surface area (Å²) < 4.78 is 5.25. The van der Waals surface area contributed by atoms with Gasteiger partial charge >= 0.3 is 0 Å². The quantitative estimate of drug-likeness (QED) is 0.395. The van der Waals surface area contributed by atoms with E-state index in [1.807, 2.05) is 43.5 Å². The highest BCUT2D eigenvalue weighted by molar-refractivity contribution is 5.77. The first-order valence-electron chi connectivity index (χ1n) is 7.50. The van der Waals surface area contributed by atoms with Crippen LogP contribution < -0.4 is 11.1 Å². The van der Waals surface area contributed by atoms with E-state index < -0.39 is 0 Å². The van der Waals surface area contributed by atoms with Crippen molar-refractivity contribution in [3.8, 4) is 11.3 Å². The molecule has 1 heterocycles. The highest BCUT2D eigenvalue weighted by atomic mass is 16.5. The number of nitrogens with one attached hydrogen (secondary N) is 2. The number of nitrogens with two attached hydrogens (primary N) is 1. The summed E-state index contributed by atoms with van der Waals surface area (Å²) >= 11 is 0. The predicted octanol–water partition coefficient (Wildman–Crippen LogP) is 1.91. The molecular weight excluding hydrogens is 278 g/mol. The summed E-state index contributed by atoms with van der Waals surface area (Å²) in [5, 5.41) is 3.06. The summed E-state index contributed by atoms with van der Waals surface area (Å²) in [6.07, 6.45) is 2.72. The number of ether oxygens (including phenoxy) is 1. The molecule has 4 N–H and O–H groups in total. The van der Waals surface area contributed by atoms with Crippen LogP contribution >= 0.6 is 0 Å². The Labute approximate surface area is 130 Å². The average Bonchev–Trinajstić information content (AvgIpc) is 3.02. The van der Waals surface area contributed by atoms with Crippen molar-refractivity contribution in [2.24, 2.45) is 10.7 Å². The third-order valence-electron chi connectivity index (χ3n) is 3.09. The van der Waals surface area contributed by atoms with Gasteiger partial charge in [0.2, 0.25) is 0 Å². The Balaban J connectivity index is 1.79. The van der Waals surface area contributed by atoms with Crippen molar-refractivity contribution < 1.29 is 4.74 Å².